The van der Waals surface area contributed by atoms with E-state index in [1.807, 2.05) is 17.0 Å². The van der Waals surface area contributed by atoms with Crippen molar-refractivity contribution in [2.45, 2.75) is 44.2 Å². The molecule has 5 nitrogen and oxygen atoms in total. The second-order valence-electron chi connectivity index (χ2n) is 8.83. The van der Waals surface area contributed by atoms with Crippen molar-refractivity contribution in [1.29, 1.82) is 0 Å². The van der Waals surface area contributed by atoms with Crippen LogP contribution in [0.1, 0.15) is 47.7 Å². The molecule has 2 unspecified atom stereocenters. The number of fused-ring (bicyclic) bond motifs is 1. The first-order chi connectivity index (χ1) is 15.5. The maximum absolute atomic E-state index is 13.6. The van der Waals surface area contributed by atoms with Crippen molar-refractivity contribution in [3.05, 3.63) is 55.7 Å². The molecule has 5 rings (SSSR count). The lowest BCUT2D eigenvalue weighted by Crippen LogP contribution is -2.48. The lowest BCUT2D eigenvalue weighted by molar-refractivity contribution is -0.143. The monoisotopic (exact) mass is 492 g/mol. The van der Waals surface area contributed by atoms with Crippen molar-refractivity contribution in [2.24, 2.45) is 5.92 Å². The van der Waals surface area contributed by atoms with Crippen molar-refractivity contribution >= 4 is 46.4 Å². The smallest absolute Gasteiger partial charge is 0.242 e. The van der Waals surface area contributed by atoms with Crippen molar-refractivity contribution in [2.75, 3.05) is 26.2 Å². The average molecular weight is 493 g/mol. The van der Waals surface area contributed by atoms with E-state index in [2.05, 4.69) is 11.4 Å². The van der Waals surface area contributed by atoms with Gasteiger partial charge in [0.15, 0.2) is 0 Å². The molecule has 0 radical (unpaired) electrons. The third-order valence-corrected chi connectivity index (χ3v) is 8.11. The summed E-state index contributed by atoms with van der Waals surface area (Å²) in [6, 6.07) is 7.24. The number of nitrogens with zero attached hydrogens (tertiary/aromatic N) is 2. The normalized spacial score (nSPS) is 22.6. The van der Waals surface area contributed by atoms with Gasteiger partial charge in [-0.25, -0.2) is 0 Å². The van der Waals surface area contributed by atoms with E-state index in [0.717, 1.165) is 49.8 Å². The van der Waals surface area contributed by atoms with Crippen LogP contribution < -0.4 is 0 Å². The molecule has 2 fully saturated rings. The number of thiophene rings is 1. The van der Waals surface area contributed by atoms with Crippen molar-refractivity contribution in [3.8, 4) is 0 Å². The topological polar surface area (TPSA) is 49.9 Å². The van der Waals surface area contributed by atoms with Crippen LogP contribution >= 0.6 is 34.5 Å². The van der Waals surface area contributed by atoms with Gasteiger partial charge in [-0.15, -0.1) is 11.3 Å². The highest BCUT2D eigenvalue weighted by Crippen LogP contribution is 2.41. The number of hydrogen-bond donors (Lipinski definition) is 0. The van der Waals surface area contributed by atoms with Crippen LogP contribution in [0.5, 0.6) is 0 Å². The van der Waals surface area contributed by atoms with Gasteiger partial charge in [0.1, 0.15) is 0 Å². The molecule has 1 aliphatic carbocycles. The second-order valence-corrected chi connectivity index (χ2v) is 10.7. The Bertz CT molecular complexity index is 1020. The summed E-state index contributed by atoms with van der Waals surface area (Å²) in [5.74, 6) is 0.101. The van der Waals surface area contributed by atoms with Crippen LogP contribution in [0, 0.1) is 5.92 Å². The maximum Gasteiger partial charge on any atom is 0.242 e. The Morgan fingerprint density at radius 1 is 1.16 bits per heavy atom. The van der Waals surface area contributed by atoms with Crippen molar-refractivity contribution in [1.82, 2.24) is 9.80 Å². The van der Waals surface area contributed by atoms with E-state index in [0.29, 0.717) is 23.1 Å². The molecule has 2 atom stereocenters. The number of benzene rings is 1. The zero-order chi connectivity index (χ0) is 22.2. The predicted molar refractivity (Wildman–Crippen MR) is 126 cm³/mol. The Labute approximate surface area is 202 Å². The van der Waals surface area contributed by atoms with E-state index in [1.165, 1.54) is 4.88 Å². The van der Waals surface area contributed by atoms with Crippen LogP contribution in [0.4, 0.5) is 0 Å². The molecule has 8 heteroatoms. The standard InChI is InChI=1S/C24H26Cl2N2O3S/c25-16-5-6-18(20(26)12-16)23-19-8-11-32-21(19)7-9-28(23)22(29)14-27(24(30)15-3-4-15)13-17-2-1-10-31-17/h5-6,8,11-12,15,17,23H,1-4,7,9-10,13-14H2. The summed E-state index contributed by atoms with van der Waals surface area (Å²) >= 11 is 14.4. The molecule has 1 saturated carbocycles. The number of carbonyl (C=O) groups is 2. The molecular weight excluding hydrogens is 467 g/mol. The van der Waals surface area contributed by atoms with Crippen molar-refractivity contribution in [3.63, 3.8) is 0 Å². The van der Waals surface area contributed by atoms with Crippen molar-refractivity contribution < 1.29 is 14.3 Å². The van der Waals surface area contributed by atoms with Crippen LogP contribution in [0.15, 0.2) is 29.6 Å². The van der Waals surface area contributed by atoms with Gasteiger partial charge < -0.3 is 14.5 Å². The molecule has 2 amide bonds. The lowest BCUT2D eigenvalue weighted by atomic mass is 9.93. The van der Waals surface area contributed by atoms with Gasteiger partial charge in [0, 0.05) is 40.5 Å². The zero-order valence-corrected chi connectivity index (χ0v) is 20.1. The Morgan fingerprint density at radius 2 is 2.00 bits per heavy atom. The largest absolute Gasteiger partial charge is 0.376 e. The van der Waals surface area contributed by atoms with Crippen LogP contribution in [-0.2, 0) is 20.7 Å². The average Bonchev–Trinajstić information content (AvgIpc) is 3.28. The maximum atomic E-state index is 13.6. The Balaban J connectivity index is 1.41. The highest BCUT2D eigenvalue weighted by molar-refractivity contribution is 7.10. The molecule has 1 saturated heterocycles. The molecule has 0 spiro atoms. The molecule has 170 valence electrons. The highest BCUT2D eigenvalue weighted by Gasteiger charge is 2.39. The zero-order valence-electron chi connectivity index (χ0n) is 17.8. The van der Waals surface area contributed by atoms with Crippen LogP contribution in [0.2, 0.25) is 10.0 Å². The second kappa shape index (κ2) is 9.34. The van der Waals surface area contributed by atoms with E-state index in [4.69, 9.17) is 27.9 Å². The minimum atomic E-state index is -0.275. The van der Waals surface area contributed by atoms with Gasteiger partial charge in [-0.2, -0.15) is 0 Å². The minimum Gasteiger partial charge on any atom is -0.376 e. The van der Waals surface area contributed by atoms with E-state index in [9.17, 15) is 9.59 Å². The highest BCUT2D eigenvalue weighted by atomic mass is 35.5. The van der Waals surface area contributed by atoms with E-state index >= 15 is 0 Å². The van der Waals surface area contributed by atoms with E-state index in [-0.39, 0.29) is 36.4 Å². The predicted octanol–water partition coefficient (Wildman–Crippen LogP) is 4.95. The molecule has 0 N–H and O–H groups in total. The quantitative estimate of drug-likeness (QED) is 0.573. The molecular formula is C24H26Cl2N2O3S. The molecule has 32 heavy (non-hydrogen) atoms. The molecule has 1 aromatic carbocycles. The summed E-state index contributed by atoms with van der Waals surface area (Å²) in [4.78, 5) is 31.5. The Hall–Kier alpha value is -1.60. The number of halogens is 2. The number of ether oxygens (including phenoxy) is 1. The summed E-state index contributed by atoms with van der Waals surface area (Å²) in [5.41, 5.74) is 1.97. The summed E-state index contributed by atoms with van der Waals surface area (Å²) in [5, 5.41) is 3.18. The van der Waals surface area contributed by atoms with Gasteiger partial charge in [0.25, 0.3) is 0 Å². The van der Waals surface area contributed by atoms with E-state index in [1.54, 1.807) is 22.3 Å². The van der Waals surface area contributed by atoms with Gasteiger partial charge in [-0.3, -0.25) is 9.59 Å². The molecule has 2 aliphatic heterocycles. The molecule has 3 aliphatic rings. The molecule has 0 bridgehead atoms. The molecule has 2 aromatic rings. The van der Waals surface area contributed by atoms with Gasteiger partial charge in [0.05, 0.1) is 18.7 Å². The van der Waals surface area contributed by atoms with Gasteiger partial charge in [-0.05, 0) is 66.8 Å². The molecule has 3 heterocycles. The first-order valence-corrected chi connectivity index (χ1v) is 12.9. The van der Waals surface area contributed by atoms with Crippen LogP contribution in [0.3, 0.4) is 0 Å². The van der Waals surface area contributed by atoms with Crippen LogP contribution in [0.25, 0.3) is 0 Å². The first-order valence-electron chi connectivity index (χ1n) is 11.2. The van der Waals surface area contributed by atoms with E-state index < -0.39 is 0 Å². The first kappa shape index (κ1) is 22.2. The summed E-state index contributed by atoms with van der Waals surface area (Å²) < 4.78 is 5.77. The van der Waals surface area contributed by atoms with Gasteiger partial charge in [-0.1, -0.05) is 29.3 Å². The van der Waals surface area contributed by atoms with Crippen LogP contribution in [-0.4, -0.2) is 54.0 Å². The van der Waals surface area contributed by atoms with Gasteiger partial charge in [0.2, 0.25) is 11.8 Å². The third-order valence-electron chi connectivity index (χ3n) is 6.56. The minimum absolute atomic E-state index is 0.0249. The fraction of sp³-hybridized carbons (Fsp3) is 0.500. The van der Waals surface area contributed by atoms with Gasteiger partial charge >= 0.3 is 0 Å². The fourth-order valence-electron chi connectivity index (χ4n) is 4.75. The summed E-state index contributed by atoms with van der Waals surface area (Å²) in [7, 11) is 0. The molecule has 1 aromatic heterocycles. The fourth-order valence-corrected chi connectivity index (χ4v) is 6.17. The Kier molecular flexibility index (Phi) is 6.48. The third kappa shape index (κ3) is 4.56. The Morgan fingerprint density at radius 3 is 2.72 bits per heavy atom. The lowest BCUT2D eigenvalue weighted by Gasteiger charge is -2.38. The number of hydrogen-bond acceptors (Lipinski definition) is 4. The number of amides is 2. The summed E-state index contributed by atoms with van der Waals surface area (Å²) in [6.07, 6.45) is 4.61. The SMILES string of the molecule is O=C(C1CC1)N(CC(=O)N1CCc2sccc2C1c1ccc(Cl)cc1Cl)CC1CCCO1. The number of carbonyl (C=O) groups excluding carboxylic acids is 2. The summed E-state index contributed by atoms with van der Waals surface area (Å²) in [6.45, 7) is 1.90. The number of rotatable bonds is 6.